The van der Waals surface area contributed by atoms with Crippen molar-refractivity contribution in [1.29, 1.82) is 0 Å². The number of nitrogen functional groups attached to an aromatic ring is 1. The van der Waals surface area contributed by atoms with E-state index in [1.54, 1.807) is 10.7 Å². The number of ether oxygens (including phenoxy) is 3. The van der Waals surface area contributed by atoms with Gasteiger partial charge in [0.05, 0.1) is 5.69 Å². The van der Waals surface area contributed by atoms with E-state index < -0.39 is 0 Å². The topological polar surface area (TPSA) is 71.5 Å². The number of aryl methyl sites for hydroxylation is 2. The lowest BCUT2D eigenvalue weighted by atomic mass is 10.3. The molecule has 2 heterocycles. The van der Waals surface area contributed by atoms with E-state index in [1.807, 2.05) is 26.0 Å². The maximum absolute atomic E-state index is 5.98. The summed E-state index contributed by atoms with van der Waals surface area (Å²) in [5, 5.41) is 4.31. The largest absolute Gasteiger partial charge is 0.454 e. The average Bonchev–Trinajstić information content (AvgIpc) is 2.98. The van der Waals surface area contributed by atoms with Gasteiger partial charge in [0.1, 0.15) is 11.4 Å². The summed E-state index contributed by atoms with van der Waals surface area (Å²) in [4.78, 5) is 0. The van der Waals surface area contributed by atoms with Gasteiger partial charge in [0.15, 0.2) is 11.5 Å². The zero-order chi connectivity index (χ0) is 13.4. The van der Waals surface area contributed by atoms with Gasteiger partial charge in [-0.2, -0.15) is 5.10 Å². The Bertz CT molecular complexity index is 622. The zero-order valence-electron chi connectivity index (χ0n) is 10.8. The number of hydrogen-bond acceptors (Lipinski definition) is 5. The molecule has 0 fully saturated rings. The summed E-state index contributed by atoms with van der Waals surface area (Å²) in [7, 11) is 0. The Labute approximate surface area is 110 Å². The first-order chi connectivity index (χ1) is 9.19. The number of hydrogen-bond donors (Lipinski definition) is 1. The number of anilines is 1. The van der Waals surface area contributed by atoms with Gasteiger partial charge in [-0.3, -0.25) is 0 Å². The van der Waals surface area contributed by atoms with Gasteiger partial charge in [0, 0.05) is 12.6 Å². The maximum atomic E-state index is 5.98. The number of benzene rings is 1. The standard InChI is InChI=1S/C13H15N3O3/c1-3-16-13(12(14)8(2)15-16)19-9-4-5-10-11(6-9)18-7-17-10/h4-6H,3,7,14H2,1-2H3. The van der Waals surface area contributed by atoms with Crippen molar-refractivity contribution in [3.05, 3.63) is 23.9 Å². The van der Waals surface area contributed by atoms with Crippen LogP contribution in [0.25, 0.3) is 0 Å². The Kier molecular flexibility index (Phi) is 2.70. The van der Waals surface area contributed by atoms with Crippen LogP contribution in [-0.2, 0) is 6.54 Å². The van der Waals surface area contributed by atoms with Gasteiger partial charge in [-0.1, -0.05) is 0 Å². The minimum absolute atomic E-state index is 0.243. The molecular formula is C13H15N3O3. The molecule has 1 aliphatic rings. The number of nitrogens with two attached hydrogens (primary N) is 1. The Balaban J connectivity index is 1.93. The molecule has 6 heteroatoms. The molecule has 3 rings (SSSR count). The molecule has 1 aliphatic heterocycles. The van der Waals surface area contributed by atoms with Crippen LogP contribution in [0, 0.1) is 6.92 Å². The van der Waals surface area contributed by atoms with Crippen molar-refractivity contribution in [2.75, 3.05) is 12.5 Å². The van der Waals surface area contributed by atoms with Crippen molar-refractivity contribution >= 4 is 5.69 Å². The number of rotatable bonds is 3. The average molecular weight is 261 g/mol. The van der Waals surface area contributed by atoms with Crippen LogP contribution in [-0.4, -0.2) is 16.6 Å². The summed E-state index contributed by atoms with van der Waals surface area (Å²) < 4.78 is 18.1. The van der Waals surface area contributed by atoms with E-state index in [9.17, 15) is 0 Å². The predicted molar refractivity (Wildman–Crippen MR) is 69.7 cm³/mol. The van der Waals surface area contributed by atoms with Crippen LogP contribution in [0.15, 0.2) is 18.2 Å². The van der Waals surface area contributed by atoms with E-state index in [-0.39, 0.29) is 6.79 Å². The highest BCUT2D eigenvalue weighted by Crippen LogP contribution is 2.38. The third kappa shape index (κ3) is 1.95. The summed E-state index contributed by atoms with van der Waals surface area (Å²) in [6.45, 7) is 4.78. The zero-order valence-corrected chi connectivity index (χ0v) is 10.8. The molecule has 0 atom stereocenters. The van der Waals surface area contributed by atoms with Crippen LogP contribution in [0.3, 0.4) is 0 Å². The lowest BCUT2D eigenvalue weighted by Crippen LogP contribution is -2.00. The summed E-state index contributed by atoms with van der Waals surface area (Å²) in [6, 6.07) is 5.41. The molecule has 1 aromatic carbocycles. The van der Waals surface area contributed by atoms with Gasteiger partial charge in [0.2, 0.25) is 12.7 Å². The van der Waals surface area contributed by atoms with E-state index in [4.69, 9.17) is 19.9 Å². The fourth-order valence-corrected chi connectivity index (χ4v) is 1.95. The number of nitrogens with zero attached hydrogens (tertiary/aromatic N) is 2. The van der Waals surface area contributed by atoms with Crippen molar-refractivity contribution in [3.8, 4) is 23.1 Å². The Morgan fingerprint density at radius 1 is 1.37 bits per heavy atom. The highest BCUT2D eigenvalue weighted by molar-refractivity contribution is 5.55. The van der Waals surface area contributed by atoms with Crippen molar-refractivity contribution in [2.45, 2.75) is 20.4 Å². The fourth-order valence-electron chi connectivity index (χ4n) is 1.95. The Morgan fingerprint density at radius 3 is 2.95 bits per heavy atom. The van der Waals surface area contributed by atoms with Gasteiger partial charge in [-0.05, 0) is 26.0 Å². The summed E-state index contributed by atoms with van der Waals surface area (Å²) in [5.74, 6) is 2.60. The van der Waals surface area contributed by atoms with E-state index in [0.29, 0.717) is 29.6 Å². The van der Waals surface area contributed by atoms with Gasteiger partial charge >= 0.3 is 0 Å². The summed E-state index contributed by atoms with van der Waals surface area (Å²) >= 11 is 0. The fraction of sp³-hybridized carbons (Fsp3) is 0.308. The molecule has 0 amide bonds. The molecule has 0 spiro atoms. The first-order valence-corrected chi connectivity index (χ1v) is 6.09. The third-order valence-electron chi connectivity index (χ3n) is 2.98. The van der Waals surface area contributed by atoms with Gasteiger partial charge in [-0.25, -0.2) is 4.68 Å². The van der Waals surface area contributed by atoms with Crippen molar-refractivity contribution in [3.63, 3.8) is 0 Å². The van der Waals surface area contributed by atoms with Crippen LogP contribution in [0.4, 0.5) is 5.69 Å². The van der Waals surface area contributed by atoms with E-state index >= 15 is 0 Å². The van der Waals surface area contributed by atoms with Crippen LogP contribution in [0.2, 0.25) is 0 Å². The second kappa shape index (κ2) is 4.38. The quantitative estimate of drug-likeness (QED) is 0.918. The third-order valence-corrected chi connectivity index (χ3v) is 2.98. The molecule has 6 nitrogen and oxygen atoms in total. The smallest absolute Gasteiger partial charge is 0.241 e. The van der Waals surface area contributed by atoms with Gasteiger partial charge in [0.25, 0.3) is 0 Å². The minimum atomic E-state index is 0.243. The van der Waals surface area contributed by atoms with Crippen molar-refractivity contribution in [1.82, 2.24) is 9.78 Å². The molecule has 0 aliphatic carbocycles. The minimum Gasteiger partial charge on any atom is -0.454 e. The molecule has 0 bridgehead atoms. The molecule has 0 unspecified atom stereocenters. The van der Waals surface area contributed by atoms with Crippen LogP contribution < -0.4 is 19.9 Å². The molecule has 0 radical (unpaired) electrons. The molecule has 2 aromatic rings. The monoisotopic (exact) mass is 261 g/mol. The van der Waals surface area contributed by atoms with Crippen LogP contribution >= 0.6 is 0 Å². The Hall–Kier alpha value is -2.37. The van der Waals surface area contributed by atoms with Crippen molar-refractivity contribution in [2.24, 2.45) is 0 Å². The first-order valence-electron chi connectivity index (χ1n) is 6.09. The molecular weight excluding hydrogens is 246 g/mol. The summed E-state index contributed by atoms with van der Waals surface area (Å²) in [6.07, 6.45) is 0. The highest BCUT2D eigenvalue weighted by Gasteiger charge is 2.17. The molecule has 0 saturated carbocycles. The highest BCUT2D eigenvalue weighted by atomic mass is 16.7. The lowest BCUT2D eigenvalue weighted by Gasteiger charge is -2.08. The second-order valence-corrected chi connectivity index (χ2v) is 4.24. The first kappa shape index (κ1) is 11.7. The molecule has 2 N–H and O–H groups in total. The van der Waals surface area contributed by atoms with Crippen LogP contribution in [0.1, 0.15) is 12.6 Å². The van der Waals surface area contributed by atoms with E-state index in [0.717, 1.165) is 11.4 Å². The van der Waals surface area contributed by atoms with Gasteiger partial charge in [-0.15, -0.1) is 0 Å². The SMILES string of the molecule is CCn1nc(C)c(N)c1Oc1ccc2c(c1)OCO2. The predicted octanol–water partition coefficient (Wildman–Crippen LogP) is 2.31. The lowest BCUT2D eigenvalue weighted by molar-refractivity contribution is 0.174. The summed E-state index contributed by atoms with van der Waals surface area (Å²) in [5.41, 5.74) is 7.29. The van der Waals surface area contributed by atoms with Crippen LogP contribution in [0.5, 0.6) is 23.1 Å². The maximum Gasteiger partial charge on any atom is 0.241 e. The number of aromatic nitrogens is 2. The molecule has 19 heavy (non-hydrogen) atoms. The van der Waals surface area contributed by atoms with Gasteiger partial charge < -0.3 is 19.9 Å². The van der Waals surface area contributed by atoms with E-state index in [1.165, 1.54) is 0 Å². The molecule has 100 valence electrons. The number of fused-ring (bicyclic) bond motifs is 1. The molecule has 1 aromatic heterocycles. The van der Waals surface area contributed by atoms with Crippen molar-refractivity contribution < 1.29 is 14.2 Å². The Morgan fingerprint density at radius 2 is 2.16 bits per heavy atom. The molecule has 0 saturated heterocycles. The normalized spacial score (nSPS) is 12.7. The van der Waals surface area contributed by atoms with E-state index in [2.05, 4.69) is 5.10 Å². The second-order valence-electron chi connectivity index (χ2n) is 4.24.